The number of hydrazine groups is 1. The monoisotopic (exact) mass is 370 g/mol. The van der Waals surface area contributed by atoms with Crippen LogP contribution in [0.1, 0.15) is 5.56 Å². The molecule has 0 fully saturated rings. The summed E-state index contributed by atoms with van der Waals surface area (Å²) in [5.41, 5.74) is 1.40. The Kier molecular flexibility index (Phi) is 5.68. The predicted molar refractivity (Wildman–Crippen MR) is 98.6 cm³/mol. The van der Waals surface area contributed by atoms with E-state index in [2.05, 4.69) is 9.97 Å². The Morgan fingerprint density at radius 1 is 1.04 bits per heavy atom. The lowest BCUT2D eigenvalue weighted by molar-refractivity contribution is 0.279. The molecule has 3 aromatic rings. The fourth-order valence-corrected chi connectivity index (χ4v) is 2.36. The van der Waals surface area contributed by atoms with E-state index in [0.29, 0.717) is 17.2 Å². The molecule has 0 spiro atoms. The second kappa shape index (κ2) is 8.33. The Morgan fingerprint density at radius 2 is 1.78 bits per heavy atom. The highest BCUT2D eigenvalue weighted by Crippen LogP contribution is 2.26. The van der Waals surface area contributed by atoms with Gasteiger partial charge in [-0.1, -0.05) is 12.1 Å². The Bertz CT molecular complexity index is 906. The van der Waals surface area contributed by atoms with Crippen LogP contribution in [0.2, 0.25) is 0 Å². The van der Waals surface area contributed by atoms with Crippen LogP contribution in [0.25, 0.3) is 0 Å². The van der Waals surface area contributed by atoms with Crippen molar-refractivity contribution in [1.82, 2.24) is 9.97 Å². The fourth-order valence-electron chi connectivity index (χ4n) is 2.36. The van der Waals surface area contributed by atoms with E-state index >= 15 is 0 Å². The molecule has 7 nitrogen and oxygen atoms in total. The summed E-state index contributed by atoms with van der Waals surface area (Å²) < 4.78 is 30.0. The largest absolute Gasteiger partial charge is 0.497 e. The number of anilines is 2. The van der Waals surface area contributed by atoms with Gasteiger partial charge in [-0.2, -0.15) is 4.98 Å². The van der Waals surface area contributed by atoms with Crippen molar-refractivity contribution in [2.45, 2.75) is 6.61 Å². The van der Waals surface area contributed by atoms with E-state index in [0.717, 1.165) is 16.8 Å². The van der Waals surface area contributed by atoms with Crippen molar-refractivity contribution in [1.29, 1.82) is 0 Å². The number of hydrogen-bond acceptors (Lipinski definition) is 7. The Labute approximate surface area is 156 Å². The quantitative estimate of drug-likeness (QED) is 0.505. The number of nitrogens with zero attached hydrogens (tertiary/aromatic N) is 3. The van der Waals surface area contributed by atoms with Crippen molar-refractivity contribution >= 4 is 11.5 Å². The second-order valence-electron chi connectivity index (χ2n) is 5.53. The topological polar surface area (TPSA) is 82.7 Å². The molecular weight excluding hydrogens is 351 g/mol. The number of hydrogen-bond donors (Lipinski definition) is 1. The van der Waals surface area contributed by atoms with Crippen LogP contribution in [-0.2, 0) is 6.61 Å². The van der Waals surface area contributed by atoms with Crippen LogP contribution in [0.3, 0.4) is 0 Å². The highest BCUT2D eigenvalue weighted by molar-refractivity contribution is 5.59. The van der Waals surface area contributed by atoms with E-state index < -0.39 is 5.82 Å². The lowest BCUT2D eigenvalue weighted by atomic mass is 10.2. The molecule has 2 N–H and O–H groups in total. The summed E-state index contributed by atoms with van der Waals surface area (Å²) in [5, 5.41) is 1.12. The zero-order valence-corrected chi connectivity index (χ0v) is 14.9. The van der Waals surface area contributed by atoms with Crippen molar-refractivity contribution in [2.75, 3.05) is 19.2 Å². The van der Waals surface area contributed by atoms with Gasteiger partial charge in [0.1, 0.15) is 18.1 Å². The molecule has 3 rings (SSSR count). The minimum Gasteiger partial charge on any atom is -0.497 e. The molecule has 1 aromatic heterocycles. The van der Waals surface area contributed by atoms with Gasteiger partial charge in [0.25, 0.3) is 0 Å². The van der Waals surface area contributed by atoms with Gasteiger partial charge in [-0.15, -0.1) is 0 Å². The smallest absolute Gasteiger partial charge is 0.318 e. The van der Waals surface area contributed by atoms with Crippen LogP contribution in [0, 0.1) is 5.82 Å². The molecule has 140 valence electrons. The lowest BCUT2D eigenvalue weighted by Crippen LogP contribution is -2.27. The van der Waals surface area contributed by atoms with Gasteiger partial charge in [0.15, 0.2) is 11.6 Å². The summed E-state index contributed by atoms with van der Waals surface area (Å²) in [6.45, 7) is 0.204. The molecule has 0 aliphatic carbocycles. The minimum atomic E-state index is -0.665. The van der Waals surface area contributed by atoms with Gasteiger partial charge in [0.2, 0.25) is 0 Å². The highest BCUT2D eigenvalue weighted by Gasteiger charge is 2.15. The molecule has 1 heterocycles. The highest BCUT2D eigenvalue weighted by atomic mass is 19.1. The van der Waals surface area contributed by atoms with Crippen molar-refractivity contribution in [2.24, 2.45) is 5.84 Å². The number of halogens is 1. The summed E-state index contributed by atoms with van der Waals surface area (Å²) in [6, 6.07) is 14.2. The zero-order chi connectivity index (χ0) is 19.2. The van der Waals surface area contributed by atoms with Crippen LogP contribution in [0.15, 0.2) is 54.7 Å². The third-order valence-electron chi connectivity index (χ3n) is 3.78. The minimum absolute atomic E-state index is 0.0122. The first-order valence-corrected chi connectivity index (χ1v) is 8.08. The first-order chi connectivity index (χ1) is 13.1. The third kappa shape index (κ3) is 4.42. The Hall–Kier alpha value is -3.39. The van der Waals surface area contributed by atoms with Crippen LogP contribution in [0.5, 0.6) is 17.5 Å². The van der Waals surface area contributed by atoms with Gasteiger partial charge < -0.3 is 14.2 Å². The van der Waals surface area contributed by atoms with Crippen molar-refractivity contribution in [3.05, 3.63) is 66.1 Å². The number of benzene rings is 2. The van der Waals surface area contributed by atoms with E-state index in [4.69, 9.17) is 20.1 Å². The van der Waals surface area contributed by atoms with Crippen molar-refractivity contribution in [3.8, 4) is 17.5 Å². The maximum absolute atomic E-state index is 14.2. The van der Waals surface area contributed by atoms with Crippen molar-refractivity contribution in [3.63, 3.8) is 0 Å². The van der Waals surface area contributed by atoms with Gasteiger partial charge in [0, 0.05) is 0 Å². The average molecular weight is 370 g/mol. The van der Waals surface area contributed by atoms with Crippen LogP contribution in [-0.4, -0.2) is 24.2 Å². The van der Waals surface area contributed by atoms with E-state index in [9.17, 15) is 4.39 Å². The van der Waals surface area contributed by atoms with E-state index in [1.54, 1.807) is 38.5 Å². The molecular formula is C19H19FN4O3. The second-order valence-corrected chi connectivity index (χ2v) is 5.53. The number of nitrogens with two attached hydrogens (primary N) is 1. The van der Waals surface area contributed by atoms with Crippen molar-refractivity contribution < 1.29 is 18.6 Å². The SMILES string of the molecule is COc1ccc(N(N)c2nc(OCc3cccc(OC)c3)ncc2F)cc1. The number of methoxy groups -OCH3 is 2. The van der Waals surface area contributed by atoms with E-state index in [1.807, 2.05) is 24.3 Å². The molecule has 0 saturated heterocycles. The predicted octanol–water partition coefficient (Wildman–Crippen LogP) is 3.22. The Morgan fingerprint density at radius 3 is 2.48 bits per heavy atom. The first kappa shape index (κ1) is 18.4. The summed E-state index contributed by atoms with van der Waals surface area (Å²) in [6.07, 6.45) is 1.02. The van der Waals surface area contributed by atoms with Gasteiger partial charge in [0.05, 0.1) is 26.1 Å². The number of ether oxygens (including phenoxy) is 3. The van der Waals surface area contributed by atoms with Gasteiger partial charge in [-0.3, -0.25) is 5.01 Å². The molecule has 0 atom stereocenters. The number of aromatic nitrogens is 2. The summed E-state index contributed by atoms with van der Waals surface area (Å²) in [7, 11) is 3.15. The number of rotatable bonds is 7. The van der Waals surface area contributed by atoms with Crippen LogP contribution in [0.4, 0.5) is 15.9 Å². The molecule has 2 aromatic carbocycles. The van der Waals surface area contributed by atoms with Crippen LogP contribution >= 0.6 is 0 Å². The maximum atomic E-state index is 14.2. The molecule has 0 bridgehead atoms. The summed E-state index contributed by atoms with van der Waals surface area (Å²) >= 11 is 0. The summed E-state index contributed by atoms with van der Waals surface area (Å²) in [4.78, 5) is 7.94. The normalized spacial score (nSPS) is 10.4. The molecule has 0 aliphatic heterocycles. The first-order valence-electron chi connectivity index (χ1n) is 8.08. The van der Waals surface area contributed by atoms with E-state index in [-0.39, 0.29) is 18.4 Å². The molecule has 0 radical (unpaired) electrons. The molecule has 8 heteroatoms. The molecule has 0 saturated carbocycles. The molecule has 0 amide bonds. The molecule has 0 unspecified atom stereocenters. The lowest BCUT2D eigenvalue weighted by Gasteiger charge is -2.18. The van der Waals surface area contributed by atoms with Gasteiger partial charge in [-0.25, -0.2) is 15.2 Å². The maximum Gasteiger partial charge on any atom is 0.318 e. The third-order valence-corrected chi connectivity index (χ3v) is 3.78. The average Bonchev–Trinajstić information content (AvgIpc) is 2.73. The van der Waals surface area contributed by atoms with E-state index in [1.165, 1.54) is 0 Å². The zero-order valence-electron chi connectivity index (χ0n) is 14.9. The molecule has 0 aliphatic rings. The van der Waals surface area contributed by atoms with Gasteiger partial charge >= 0.3 is 6.01 Å². The molecule has 27 heavy (non-hydrogen) atoms. The summed E-state index contributed by atoms with van der Waals surface area (Å²) in [5.74, 6) is 6.62. The Balaban J connectivity index is 1.76. The standard InChI is InChI=1S/C19H19FN4O3/c1-25-15-8-6-14(7-9-15)24(21)18-17(20)11-22-19(23-18)27-12-13-4-3-5-16(10-13)26-2/h3-11H,12,21H2,1-2H3. The van der Waals surface area contributed by atoms with Crippen LogP contribution < -0.4 is 25.1 Å². The van der Waals surface area contributed by atoms with Gasteiger partial charge in [-0.05, 0) is 42.0 Å². The fraction of sp³-hybridized carbons (Fsp3) is 0.158.